The Morgan fingerprint density at radius 2 is 2.00 bits per heavy atom. The molecule has 0 aliphatic carbocycles. The van der Waals surface area contributed by atoms with Gasteiger partial charge in [-0.25, -0.2) is 4.98 Å². The molecule has 1 amide bonds. The van der Waals surface area contributed by atoms with Crippen molar-refractivity contribution in [3.8, 4) is 11.3 Å². The maximum Gasteiger partial charge on any atom is 0.262 e. The zero-order chi connectivity index (χ0) is 23.7. The summed E-state index contributed by atoms with van der Waals surface area (Å²) in [7, 11) is 0. The van der Waals surface area contributed by atoms with Gasteiger partial charge in [-0.2, -0.15) is 0 Å². The quantitative estimate of drug-likeness (QED) is 0.335. The first-order valence-corrected chi connectivity index (χ1v) is 12.7. The summed E-state index contributed by atoms with van der Waals surface area (Å²) >= 11 is 2.88. The number of carbonyl (C=O) groups excluding carboxylic acids is 1. The molecule has 0 bridgehead atoms. The van der Waals surface area contributed by atoms with E-state index in [0.717, 1.165) is 28.2 Å². The zero-order valence-corrected chi connectivity index (χ0v) is 20.3. The number of aryl methyl sites for hydroxylation is 2. The van der Waals surface area contributed by atoms with Crippen molar-refractivity contribution in [1.29, 1.82) is 0 Å². The standard InChI is InChI=1S/C24H22N6O2S2/c1-3-11-29-22(32)18-9-4-5-10-20(18)30-23(29)27-28-24(30)34-14-21(31)26-17-8-6-7-16(12-17)19-13-33-15(2)25-19/h4-10,12-13H,3,11,14H2,1-2H3,(H,26,31). The van der Waals surface area contributed by atoms with E-state index in [4.69, 9.17) is 0 Å². The highest BCUT2D eigenvalue weighted by molar-refractivity contribution is 7.99. The van der Waals surface area contributed by atoms with E-state index in [9.17, 15) is 9.59 Å². The molecule has 3 aromatic heterocycles. The van der Waals surface area contributed by atoms with Crippen LogP contribution >= 0.6 is 23.1 Å². The number of thioether (sulfide) groups is 1. The number of nitrogens with zero attached hydrogens (tertiary/aromatic N) is 5. The van der Waals surface area contributed by atoms with Gasteiger partial charge in [0.2, 0.25) is 11.7 Å². The summed E-state index contributed by atoms with van der Waals surface area (Å²) in [6, 6.07) is 15.1. The van der Waals surface area contributed by atoms with E-state index in [1.807, 2.05) is 66.1 Å². The van der Waals surface area contributed by atoms with Crippen LogP contribution in [-0.2, 0) is 11.3 Å². The fourth-order valence-electron chi connectivity index (χ4n) is 3.83. The van der Waals surface area contributed by atoms with Gasteiger partial charge in [-0.3, -0.25) is 18.6 Å². The number of carbonyl (C=O) groups is 1. The molecular weight excluding hydrogens is 468 g/mol. The molecule has 0 aliphatic heterocycles. The van der Waals surface area contributed by atoms with E-state index in [1.165, 1.54) is 11.8 Å². The molecule has 3 heterocycles. The number of benzene rings is 2. The lowest BCUT2D eigenvalue weighted by molar-refractivity contribution is -0.113. The van der Waals surface area contributed by atoms with Crippen molar-refractivity contribution in [1.82, 2.24) is 24.1 Å². The number of rotatable bonds is 7. The number of nitrogens with one attached hydrogen (secondary N) is 1. The van der Waals surface area contributed by atoms with E-state index in [1.54, 1.807) is 22.0 Å². The highest BCUT2D eigenvalue weighted by atomic mass is 32.2. The van der Waals surface area contributed by atoms with Gasteiger partial charge in [0, 0.05) is 23.2 Å². The van der Waals surface area contributed by atoms with E-state index in [2.05, 4.69) is 20.5 Å². The van der Waals surface area contributed by atoms with Crippen LogP contribution in [0.3, 0.4) is 0 Å². The van der Waals surface area contributed by atoms with Gasteiger partial charge < -0.3 is 5.32 Å². The topological polar surface area (TPSA) is 94.2 Å². The molecule has 0 saturated carbocycles. The van der Waals surface area contributed by atoms with Crippen LogP contribution in [0.1, 0.15) is 18.4 Å². The summed E-state index contributed by atoms with van der Waals surface area (Å²) in [6.07, 6.45) is 0.797. The number of hydrogen-bond donors (Lipinski definition) is 1. The third-order valence-electron chi connectivity index (χ3n) is 5.32. The molecule has 0 unspecified atom stereocenters. The molecule has 34 heavy (non-hydrogen) atoms. The van der Waals surface area contributed by atoms with Gasteiger partial charge >= 0.3 is 0 Å². The van der Waals surface area contributed by atoms with Crippen LogP contribution in [0.4, 0.5) is 5.69 Å². The van der Waals surface area contributed by atoms with Crippen molar-refractivity contribution in [2.75, 3.05) is 11.1 Å². The lowest BCUT2D eigenvalue weighted by Crippen LogP contribution is -2.23. The molecule has 2 aromatic carbocycles. The Hall–Kier alpha value is -3.50. The summed E-state index contributed by atoms with van der Waals surface area (Å²) in [5.41, 5.74) is 3.21. The second-order valence-electron chi connectivity index (χ2n) is 7.76. The predicted octanol–water partition coefficient (Wildman–Crippen LogP) is 4.62. The molecule has 8 nitrogen and oxygen atoms in total. The molecule has 1 N–H and O–H groups in total. The average Bonchev–Trinajstić information content (AvgIpc) is 3.47. The van der Waals surface area contributed by atoms with Gasteiger partial charge in [-0.15, -0.1) is 21.5 Å². The van der Waals surface area contributed by atoms with Gasteiger partial charge in [0.25, 0.3) is 5.56 Å². The van der Waals surface area contributed by atoms with Gasteiger partial charge in [0.15, 0.2) is 5.16 Å². The molecule has 0 atom stereocenters. The van der Waals surface area contributed by atoms with Crippen molar-refractivity contribution < 1.29 is 4.79 Å². The normalized spacial score (nSPS) is 11.4. The molecule has 172 valence electrons. The minimum absolute atomic E-state index is 0.0816. The highest BCUT2D eigenvalue weighted by Crippen LogP contribution is 2.25. The van der Waals surface area contributed by atoms with Crippen LogP contribution in [0.2, 0.25) is 0 Å². The van der Waals surface area contributed by atoms with Crippen LogP contribution in [0, 0.1) is 6.92 Å². The molecule has 0 spiro atoms. The number of para-hydroxylation sites is 1. The Bertz CT molecular complexity index is 1570. The SMILES string of the molecule is CCCn1c(=O)c2ccccc2n2c(SCC(=O)Nc3cccc(-c4csc(C)n4)c3)nnc12. The fraction of sp³-hybridized carbons (Fsp3) is 0.208. The lowest BCUT2D eigenvalue weighted by atomic mass is 10.1. The third kappa shape index (κ3) is 4.22. The van der Waals surface area contributed by atoms with Crippen molar-refractivity contribution in [3.63, 3.8) is 0 Å². The van der Waals surface area contributed by atoms with E-state index >= 15 is 0 Å². The summed E-state index contributed by atoms with van der Waals surface area (Å²) in [6.45, 7) is 4.53. The predicted molar refractivity (Wildman–Crippen MR) is 137 cm³/mol. The summed E-state index contributed by atoms with van der Waals surface area (Å²) < 4.78 is 3.50. The van der Waals surface area contributed by atoms with Gasteiger partial charge in [-0.05, 0) is 37.6 Å². The van der Waals surface area contributed by atoms with Crippen LogP contribution < -0.4 is 10.9 Å². The fourth-order valence-corrected chi connectivity index (χ4v) is 5.19. The van der Waals surface area contributed by atoms with Gasteiger partial charge in [0.1, 0.15) is 0 Å². The van der Waals surface area contributed by atoms with Crippen LogP contribution in [0.5, 0.6) is 0 Å². The van der Waals surface area contributed by atoms with E-state index in [-0.39, 0.29) is 17.2 Å². The molecule has 0 fully saturated rings. The van der Waals surface area contributed by atoms with Crippen molar-refractivity contribution in [2.45, 2.75) is 32.0 Å². The Morgan fingerprint density at radius 1 is 1.15 bits per heavy atom. The molecule has 0 saturated heterocycles. The number of aromatic nitrogens is 5. The zero-order valence-electron chi connectivity index (χ0n) is 18.7. The molecule has 0 aliphatic rings. The number of amides is 1. The second kappa shape index (κ2) is 9.40. The number of fused-ring (bicyclic) bond motifs is 3. The molecule has 10 heteroatoms. The summed E-state index contributed by atoms with van der Waals surface area (Å²) in [5.74, 6) is 0.487. The van der Waals surface area contributed by atoms with Crippen LogP contribution in [0.25, 0.3) is 27.9 Å². The second-order valence-corrected chi connectivity index (χ2v) is 9.77. The minimum Gasteiger partial charge on any atom is -0.325 e. The monoisotopic (exact) mass is 490 g/mol. The first kappa shape index (κ1) is 22.3. The Balaban J connectivity index is 1.38. The van der Waals surface area contributed by atoms with Crippen molar-refractivity contribution in [3.05, 3.63) is 69.3 Å². The first-order valence-electron chi connectivity index (χ1n) is 10.9. The van der Waals surface area contributed by atoms with Crippen LogP contribution in [-0.4, -0.2) is 35.8 Å². The van der Waals surface area contributed by atoms with Crippen molar-refractivity contribution in [2.24, 2.45) is 0 Å². The summed E-state index contributed by atoms with van der Waals surface area (Å²) in [4.78, 5) is 30.2. The third-order valence-corrected chi connectivity index (χ3v) is 7.02. The first-order chi connectivity index (χ1) is 16.5. The maximum absolute atomic E-state index is 12.9. The molecule has 5 rings (SSSR count). The van der Waals surface area contributed by atoms with E-state index in [0.29, 0.717) is 28.6 Å². The number of thiazole rings is 1. The maximum atomic E-state index is 12.9. The number of hydrogen-bond acceptors (Lipinski definition) is 7. The Morgan fingerprint density at radius 3 is 2.79 bits per heavy atom. The highest BCUT2D eigenvalue weighted by Gasteiger charge is 2.17. The Kier molecular flexibility index (Phi) is 6.16. The molecule has 5 aromatic rings. The summed E-state index contributed by atoms with van der Waals surface area (Å²) in [5, 5.41) is 15.7. The Labute approximate surface area is 203 Å². The molecular formula is C24H22N6O2S2. The van der Waals surface area contributed by atoms with Crippen molar-refractivity contribution >= 4 is 51.4 Å². The lowest BCUT2D eigenvalue weighted by Gasteiger charge is -2.10. The largest absolute Gasteiger partial charge is 0.325 e. The van der Waals surface area contributed by atoms with E-state index < -0.39 is 0 Å². The van der Waals surface area contributed by atoms with Gasteiger partial charge in [0.05, 0.1) is 27.4 Å². The van der Waals surface area contributed by atoms with Crippen LogP contribution in [0.15, 0.2) is 63.9 Å². The molecule has 0 radical (unpaired) electrons. The smallest absolute Gasteiger partial charge is 0.262 e. The average molecular weight is 491 g/mol. The van der Waals surface area contributed by atoms with Gasteiger partial charge in [-0.1, -0.05) is 43.0 Å². The minimum atomic E-state index is -0.153. The number of anilines is 1.